The summed E-state index contributed by atoms with van der Waals surface area (Å²) >= 11 is 6.26. The summed E-state index contributed by atoms with van der Waals surface area (Å²) in [6.07, 6.45) is 7.66. The lowest BCUT2D eigenvalue weighted by molar-refractivity contribution is -0.386. The molecule has 0 saturated carbocycles. The van der Waals surface area contributed by atoms with Crippen molar-refractivity contribution in [1.29, 1.82) is 0 Å². The van der Waals surface area contributed by atoms with Gasteiger partial charge in [-0.15, -0.1) is 0 Å². The highest BCUT2D eigenvalue weighted by atomic mass is 35.5. The maximum absolute atomic E-state index is 14.3. The largest absolute Gasteiger partial charge is 0.483 e. The number of rotatable bonds is 12. The number of piperazine rings is 1. The van der Waals surface area contributed by atoms with Gasteiger partial charge >= 0.3 is 5.69 Å². The summed E-state index contributed by atoms with van der Waals surface area (Å²) in [5, 5.41) is 18.5. The molecule has 0 radical (unpaired) electrons. The van der Waals surface area contributed by atoms with Crippen LogP contribution in [-0.2, 0) is 14.8 Å². The van der Waals surface area contributed by atoms with E-state index in [0.717, 1.165) is 87.2 Å². The second kappa shape index (κ2) is 17.8. The van der Waals surface area contributed by atoms with Crippen molar-refractivity contribution in [1.82, 2.24) is 34.3 Å². The first-order valence-electron chi connectivity index (χ1n) is 22.5. The summed E-state index contributed by atoms with van der Waals surface area (Å²) in [5.41, 5.74) is 6.95. The van der Waals surface area contributed by atoms with Gasteiger partial charge in [0.25, 0.3) is 15.9 Å². The summed E-state index contributed by atoms with van der Waals surface area (Å²) in [4.78, 5) is 40.4. The third kappa shape index (κ3) is 9.01. The van der Waals surface area contributed by atoms with Gasteiger partial charge in [0.05, 0.1) is 52.0 Å². The van der Waals surface area contributed by atoms with Crippen molar-refractivity contribution < 1.29 is 27.6 Å². The first-order valence-corrected chi connectivity index (χ1v) is 24.4. The normalized spacial score (nSPS) is 19.0. The monoisotopic (exact) mass is 933 g/mol. The molecule has 3 aliphatic heterocycles. The molecule has 3 aromatic heterocycles. The van der Waals surface area contributed by atoms with Crippen molar-refractivity contribution in [3.63, 3.8) is 0 Å². The highest BCUT2D eigenvalue weighted by Crippen LogP contribution is 2.43. The van der Waals surface area contributed by atoms with Crippen LogP contribution in [0.2, 0.25) is 5.02 Å². The van der Waals surface area contributed by atoms with E-state index < -0.39 is 31.4 Å². The lowest BCUT2D eigenvalue weighted by Crippen LogP contribution is -2.52. The van der Waals surface area contributed by atoms with Crippen molar-refractivity contribution in [3.05, 3.63) is 117 Å². The molecule has 6 heterocycles. The van der Waals surface area contributed by atoms with Gasteiger partial charge in [-0.3, -0.25) is 24.7 Å². The SMILES string of the molecule is CC1(C)CCC(CN2CCN(c3ccc(C(=O)NS(=O)(=O)c4ccc(OC5CCN(C6COC6)CC5)c([N+](=O)[O-])c4)c(-n4ncc5nc6[nH]ccc6cc54)c3)CC2)=C(c2ccc(Cl)cc2)C1. The standard InChI is InChI=1S/C48H52ClN9O7S/c1-48(2)15-11-33(40(26-48)31-3-5-34(49)6-4-31)28-54-19-21-56(22-20-54)35-7-9-39(42(24-35)57-43-23-32-12-16-50-46(32)52-41(43)27-51-57)47(59)53-66(62,63)38-8-10-45(44(25-38)58(60)61)65-37-13-17-55(18-14-37)36-29-64-30-36/h3-10,12,16,23-25,27,36-37H,11,13-15,17-22,26,28-30H2,1-2H3,(H,50,52)(H,53,59). The zero-order valence-electron chi connectivity index (χ0n) is 36.9. The Morgan fingerprint density at radius 1 is 1.00 bits per heavy atom. The molecule has 6 aromatic rings. The number of H-pyrrole nitrogens is 1. The van der Waals surface area contributed by atoms with Gasteiger partial charge < -0.3 is 19.4 Å². The third-order valence-corrected chi connectivity index (χ3v) is 15.2. The van der Waals surface area contributed by atoms with Gasteiger partial charge in [0.15, 0.2) is 5.75 Å². The van der Waals surface area contributed by atoms with Crippen LogP contribution in [0.3, 0.4) is 0 Å². The minimum atomic E-state index is -4.61. The number of pyridine rings is 1. The van der Waals surface area contributed by atoms with Crippen LogP contribution in [0.15, 0.2) is 95.7 Å². The first kappa shape index (κ1) is 44.0. The number of aromatic nitrogens is 4. The number of benzene rings is 3. The van der Waals surface area contributed by atoms with E-state index in [1.54, 1.807) is 23.1 Å². The summed E-state index contributed by atoms with van der Waals surface area (Å²) in [5.74, 6) is -0.948. The van der Waals surface area contributed by atoms with E-state index in [0.29, 0.717) is 54.5 Å². The van der Waals surface area contributed by atoms with Crippen molar-refractivity contribution in [2.45, 2.75) is 63.0 Å². The fourth-order valence-corrected chi connectivity index (χ4v) is 10.8. The van der Waals surface area contributed by atoms with Crippen LogP contribution < -0.4 is 14.4 Å². The molecule has 66 heavy (non-hydrogen) atoms. The molecule has 4 aliphatic rings. The number of sulfonamides is 1. The van der Waals surface area contributed by atoms with E-state index in [2.05, 4.69) is 55.5 Å². The number of likely N-dealkylation sites (tertiary alicyclic amines) is 1. The Kier molecular flexibility index (Phi) is 11.8. The molecule has 0 atom stereocenters. The number of fused-ring (bicyclic) bond motifs is 2. The number of aromatic amines is 1. The van der Waals surface area contributed by atoms with Gasteiger partial charge in [-0.05, 0) is 103 Å². The topological polar surface area (TPSA) is 181 Å². The number of amides is 1. The van der Waals surface area contributed by atoms with Crippen LogP contribution in [0.4, 0.5) is 11.4 Å². The van der Waals surface area contributed by atoms with Gasteiger partial charge in [-0.2, -0.15) is 5.10 Å². The van der Waals surface area contributed by atoms with E-state index in [1.165, 1.54) is 28.8 Å². The maximum atomic E-state index is 14.3. The van der Waals surface area contributed by atoms with Crippen molar-refractivity contribution >= 4 is 66.5 Å². The molecular weight excluding hydrogens is 882 g/mol. The quantitative estimate of drug-likeness (QED) is 0.0907. The number of nitro benzene ring substituents is 1. The second-order valence-corrected chi connectivity index (χ2v) is 20.7. The van der Waals surface area contributed by atoms with Gasteiger partial charge in [0, 0.05) is 74.2 Å². The molecular formula is C48H52ClN9O7S. The van der Waals surface area contributed by atoms with Crippen molar-refractivity contribution in [2.24, 2.45) is 5.41 Å². The molecule has 3 saturated heterocycles. The number of anilines is 1. The van der Waals surface area contributed by atoms with Crippen LogP contribution in [0, 0.1) is 15.5 Å². The Morgan fingerprint density at radius 3 is 2.50 bits per heavy atom. The number of carbonyl (C=O) groups excluding carboxylic acids is 1. The molecule has 18 heteroatoms. The zero-order chi connectivity index (χ0) is 45.7. The number of nitro groups is 1. The molecule has 2 N–H and O–H groups in total. The van der Waals surface area contributed by atoms with Crippen LogP contribution in [-0.4, -0.2) is 120 Å². The highest BCUT2D eigenvalue weighted by molar-refractivity contribution is 7.90. The maximum Gasteiger partial charge on any atom is 0.312 e. The molecule has 16 nitrogen and oxygen atoms in total. The molecule has 0 bridgehead atoms. The Labute approximate surface area is 387 Å². The number of carbonyl (C=O) groups is 1. The summed E-state index contributed by atoms with van der Waals surface area (Å²) < 4.78 is 43.0. The predicted octanol–water partition coefficient (Wildman–Crippen LogP) is 7.61. The molecule has 0 spiro atoms. The number of allylic oxidation sites excluding steroid dienone is 1. The number of nitrogens with one attached hydrogen (secondary N) is 2. The molecule has 1 aliphatic carbocycles. The van der Waals surface area contributed by atoms with Gasteiger partial charge in [-0.1, -0.05) is 43.2 Å². The fourth-order valence-electron chi connectivity index (χ4n) is 9.71. The minimum absolute atomic E-state index is 0.0251. The third-order valence-electron chi connectivity index (χ3n) is 13.6. The lowest BCUT2D eigenvalue weighted by atomic mass is 9.72. The highest BCUT2D eigenvalue weighted by Gasteiger charge is 2.33. The second-order valence-electron chi connectivity index (χ2n) is 18.6. The Bertz CT molecular complexity index is 2970. The van der Waals surface area contributed by atoms with Gasteiger partial charge in [0.2, 0.25) is 0 Å². The summed E-state index contributed by atoms with van der Waals surface area (Å²) in [6.45, 7) is 11.6. The van der Waals surface area contributed by atoms with Gasteiger partial charge in [-0.25, -0.2) is 22.8 Å². The number of nitrogens with zero attached hydrogens (tertiary/aromatic N) is 7. The van der Waals surface area contributed by atoms with Crippen LogP contribution >= 0.6 is 11.6 Å². The predicted molar refractivity (Wildman–Crippen MR) is 253 cm³/mol. The molecule has 344 valence electrons. The molecule has 3 aromatic carbocycles. The number of halogens is 1. The van der Waals surface area contributed by atoms with E-state index >= 15 is 0 Å². The van der Waals surface area contributed by atoms with Crippen LogP contribution in [0.1, 0.15) is 61.9 Å². The lowest BCUT2D eigenvalue weighted by Gasteiger charge is -2.41. The van der Waals surface area contributed by atoms with E-state index in [1.807, 2.05) is 36.4 Å². The summed E-state index contributed by atoms with van der Waals surface area (Å²) in [6, 6.07) is 21.1. The zero-order valence-corrected chi connectivity index (χ0v) is 38.5. The first-order chi connectivity index (χ1) is 31.8. The van der Waals surface area contributed by atoms with E-state index in [4.69, 9.17) is 26.1 Å². The van der Waals surface area contributed by atoms with Crippen LogP contribution in [0.5, 0.6) is 5.75 Å². The van der Waals surface area contributed by atoms with Crippen molar-refractivity contribution in [2.75, 3.05) is 63.9 Å². The minimum Gasteiger partial charge on any atom is -0.483 e. The fraction of sp³-hybridized carbons (Fsp3) is 0.396. The number of hydrogen-bond acceptors (Lipinski definition) is 12. The summed E-state index contributed by atoms with van der Waals surface area (Å²) in [7, 11) is -4.61. The van der Waals surface area contributed by atoms with Crippen LogP contribution in [0.25, 0.3) is 33.3 Å². The number of hydrogen-bond donors (Lipinski definition) is 2. The average molecular weight is 935 g/mol. The Morgan fingerprint density at radius 2 is 1.77 bits per heavy atom. The molecule has 0 unspecified atom stereocenters. The van der Waals surface area contributed by atoms with E-state index in [-0.39, 0.29) is 22.8 Å². The Balaban J connectivity index is 0.895. The smallest absolute Gasteiger partial charge is 0.312 e. The van der Waals surface area contributed by atoms with Gasteiger partial charge in [0.1, 0.15) is 17.3 Å². The molecule has 3 fully saturated rings. The number of ether oxygens (including phenoxy) is 2. The Hall–Kier alpha value is -5.85. The number of piperidine rings is 1. The van der Waals surface area contributed by atoms with Crippen molar-refractivity contribution in [3.8, 4) is 11.4 Å². The van der Waals surface area contributed by atoms with E-state index in [9.17, 15) is 23.3 Å². The molecule has 1 amide bonds. The molecule has 10 rings (SSSR count). The average Bonchev–Trinajstić information content (AvgIpc) is 3.93.